The van der Waals surface area contributed by atoms with Gasteiger partial charge in [-0.2, -0.15) is 10.2 Å². The van der Waals surface area contributed by atoms with E-state index in [1.807, 2.05) is 6.92 Å². The van der Waals surface area contributed by atoms with Crippen LogP contribution in [-0.4, -0.2) is 33.3 Å². The highest BCUT2D eigenvalue weighted by Crippen LogP contribution is 2.25. The molecule has 0 spiro atoms. The minimum absolute atomic E-state index is 0.0649. The van der Waals surface area contributed by atoms with Gasteiger partial charge in [-0.05, 0) is 31.2 Å². The second kappa shape index (κ2) is 6.34. The van der Waals surface area contributed by atoms with Crippen LogP contribution in [0, 0.1) is 12.7 Å². The van der Waals surface area contributed by atoms with Gasteiger partial charge in [0.15, 0.2) is 0 Å². The molecule has 25 heavy (non-hydrogen) atoms. The fraction of sp³-hybridized carbons (Fsp3) is 0.250. The molecule has 1 aromatic heterocycles. The number of benzene rings is 1. The molecule has 1 atom stereocenters. The Labute approximate surface area is 143 Å². The van der Waals surface area contributed by atoms with E-state index in [0.717, 1.165) is 5.69 Å². The second-order valence-corrected chi connectivity index (χ2v) is 5.74. The number of amides is 2. The quantitative estimate of drug-likeness (QED) is 0.860. The summed E-state index contributed by atoms with van der Waals surface area (Å²) in [6, 6.07) is 6.36. The van der Waals surface area contributed by atoms with Gasteiger partial charge in [0.1, 0.15) is 23.4 Å². The summed E-state index contributed by atoms with van der Waals surface area (Å²) < 4.78 is 14.6. The Kier molecular flexibility index (Phi) is 4.22. The van der Waals surface area contributed by atoms with E-state index < -0.39 is 23.7 Å². The highest BCUT2D eigenvalue weighted by molar-refractivity contribution is 6.44. The predicted molar refractivity (Wildman–Crippen MR) is 90.5 cm³/mol. The van der Waals surface area contributed by atoms with E-state index in [0.29, 0.717) is 11.5 Å². The van der Waals surface area contributed by atoms with Crippen molar-refractivity contribution in [3.8, 4) is 0 Å². The number of hydrogen-bond donors (Lipinski definition) is 2. The van der Waals surface area contributed by atoms with Crippen molar-refractivity contribution in [2.75, 3.05) is 10.3 Å². The number of halogens is 1. The number of hydrazone groups is 1. The molecule has 0 saturated heterocycles. The van der Waals surface area contributed by atoms with Gasteiger partial charge in [0, 0.05) is 19.5 Å². The number of hydrogen-bond acceptors (Lipinski definition) is 5. The lowest BCUT2D eigenvalue weighted by Crippen LogP contribution is -2.39. The summed E-state index contributed by atoms with van der Waals surface area (Å²) in [6.07, 6.45) is 0.0649. The number of nitrogens with two attached hydrogens (primary N) is 1. The first-order valence-corrected chi connectivity index (χ1v) is 7.58. The Balaban J connectivity index is 1.84. The first-order chi connectivity index (χ1) is 11.8. The summed E-state index contributed by atoms with van der Waals surface area (Å²) in [5.41, 5.74) is 6.82. The summed E-state index contributed by atoms with van der Waals surface area (Å²) in [5.74, 6) is -0.959. The highest BCUT2D eigenvalue weighted by atomic mass is 19.1. The van der Waals surface area contributed by atoms with Gasteiger partial charge in [0.2, 0.25) is 5.91 Å². The van der Waals surface area contributed by atoms with Crippen molar-refractivity contribution in [2.45, 2.75) is 19.4 Å². The molecule has 8 nitrogen and oxygen atoms in total. The molecule has 1 aliphatic rings. The summed E-state index contributed by atoms with van der Waals surface area (Å²) in [7, 11) is 1.70. The molecule has 3 N–H and O–H groups in total. The zero-order valence-electron chi connectivity index (χ0n) is 13.7. The number of aryl methyl sites for hydroxylation is 2. The molecule has 1 aliphatic heterocycles. The summed E-state index contributed by atoms with van der Waals surface area (Å²) in [5, 5.41) is 12.4. The topological polar surface area (TPSA) is 106 Å². The van der Waals surface area contributed by atoms with Crippen molar-refractivity contribution < 1.29 is 14.0 Å². The van der Waals surface area contributed by atoms with Gasteiger partial charge < -0.3 is 11.1 Å². The lowest BCUT2D eigenvalue weighted by Gasteiger charge is -2.20. The molecule has 1 aromatic carbocycles. The lowest BCUT2D eigenvalue weighted by molar-refractivity contribution is -0.119. The summed E-state index contributed by atoms with van der Waals surface area (Å²) >= 11 is 0. The zero-order valence-corrected chi connectivity index (χ0v) is 13.7. The third-order valence-corrected chi connectivity index (χ3v) is 3.84. The number of nitrogens with one attached hydrogen (secondary N) is 1. The molecule has 0 unspecified atom stereocenters. The SMILES string of the molecule is Cc1cc(NC(=O)C2=NN(c3ccc(F)cc3)[C@H](C(N)=O)C2)n(C)n1. The van der Waals surface area contributed by atoms with Gasteiger partial charge in [0.25, 0.3) is 5.91 Å². The summed E-state index contributed by atoms with van der Waals surface area (Å²) in [4.78, 5) is 24.2. The van der Waals surface area contributed by atoms with Crippen LogP contribution < -0.4 is 16.1 Å². The van der Waals surface area contributed by atoms with Crippen molar-refractivity contribution in [1.82, 2.24) is 9.78 Å². The molecule has 0 aliphatic carbocycles. The van der Waals surface area contributed by atoms with Gasteiger partial charge >= 0.3 is 0 Å². The van der Waals surface area contributed by atoms with Crippen LogP contribution in [0.15, 0.2) is 35.4 Å². The Morgan fingerprint density at radius 3 is 2.56 bits per heavy atom. The smallest absolute Gasteiger partial charge is 0.273 e. The minimum atomic E-state index is -0.806. The second-order valence-electron chi connectivity index (χ2n) is 5.74. The van der Waals surface area contributed by atoms with E-state index in [1.165, 1.54) is 34.0 Å². The number of aromatic nitrogens is 2. The first-order valence-electron chi connectivity index (χ1n) is 7.58. The Morgan fingerprint density at radius 2 is 2.00 bits per heavy atom. The molecule has 2 aromatic rings. The molecular weight excluding hydrogens is 327 g/mol. The summed E-state index contributed by atoms with van der Waals surface area (Å²) in [6.45, 7) is 1.81. The Bertz CT molecular complexity index is 858. The van der Waals surface area contributed by atoms with Gasteiger partial charge in [-0.1, -0.05) is 0 Å². The Hall–Kier alpha value is -3.23. The van der Waals surface area contributed by atoms with Gasteiger partial charge in [0.05, 0.1) is 11.4 Å². The number of nitrogens with zero attached hydrogens (tertiary/aromatic N) is 4. The van der Waals surface area contributed by atoms with E-state index in [9.17, 15) is 14.0 Å². The molecule has 3 rings (SSSR count). The number of primary amides is 1. The first kappa shape index (κ1) is 16.6. The van der Waals surface area contributed by atoms with Crippen molar-refractivity contribution in [2.24, 2.45) is 17.9 Å². The monoisotopic (exact) mass is 344 g/mol. The fourth-order valence-electron chi connectivity index (χ4n) is 2.62. The van der Waals surface area contributed by atoms with Crippen LogP contribution in [0.25, 0.3) is 0 Å². The van der Waals surface area contributed by atoms with Crippen molar-refractivity contribution >= 4 is 29.0 Å². The van der Waals surface area contributed by atoms with Crippen molar-refractivity contribution in [1.29, 1.82) is 0 Å². The van der Waals surface area contributed by atoms with Crippen molar-refractivity contribution in [3.05, 3.63) is 41.8 Å². The number of anilines is 2. The molecule has 9 heteroatoms. The molecule has 0 radical (unpaired) electrons. The van der Waals surface area contributed by atoms with Crippen molar-refractivity contribution in [3.63, 3.8) is 0 Å². The maximum atomic E-state index is 13.1. The molecule has 2 amide bonds. The standard InChI is InChI=1S/C16H17FN6O2/c1-9-7-14(22(2)20-9)19-16(25)12-8-13(15(18)24)23(21-12)11-5-3-10(17)4-6-11/h3-7,13H,8H2,1-2H3,(H2,18,24)(H,19,25)/t13-/m0/s1. The Morgan fingerprint density at radius 1 is 1.32 bits per heavy atom. The van der Waals surface area contributed by atoms with E-state index in [-0.39, 0.29) is 12.1 Å². The molecular formula is C16H17FN6O2. The number of rotatable bonds is 4. The van der Waals surface area contributed by atoms with Crippen LogP contribution in [0.1, 0.15) is 12.1 Å². The van der Waals surface area contributed by atoms with Crippen LogP contribution in [0.2, 0.25) is 0 Å². The molecule has 0 saturated carbocycles. The molecule has 130 valence electrons. The maximum Gasteiger partial charge on any atom is 0.273 e. The van der Waals surface area contributed by atoms with Gasteiger partial charge in [-0.15, -0.1) is 0 Å². The third kappa shape index (κ3) is 3.35. The van der Waals surface area contributed by atoms with E-state index in [2.05, 4.69) is 15.5 Å². The van der Waals surface area contributed by atoms with Crippen LogP contribution in [0.3, 0.4) is 0 Å². The maximum absolute atomic E-state index is 13.1. The van der Waals surface area contributed by atoms with Gasteiger partial charge in [-0.3, -0.25) is 19.3 Å². The highest BCUT2D eigenvalue weighted by Gasteiger charge is 2.35. The van der Waals surface area contributed by atoms with Crippen LogP contribution in [-0.2, 0) is 16.6 Å². The fourth-order valence-corrected chi connectivity index (χ4v) is 2.62. The predicted octanol–water partition coefficient (Wildman–Crippen LogP) is 0.926. The lowest BCUT2D eigenvalue weighted by atomic mass is 10.1. The molecule has 2 heterocycles. The number of carbonyl (C=O) groups excluding carboxylic acids is 2. The average molecular weight is 344 g/mol. The molecule has 0 bridgehead atoms. The minimum Gasteiger partial charge on any atom is -0.368 e. The van der Waals surface area contributed by atoms with Crippen LogP contribution >= 0.6 is 0 Å². The largest absolute Gasteiger partial charge is 0.368 e. The molecule has 0 fully saturated rings. The van der Waals surface area contributed by atoms with Gasteiger partial charge in [-0.25, -0.2) is 4.39 Å². The zero-order chi connectivity index (χ0) is 18.1. The van der Waals surface area contributed by atoms with E-state index >= 15 is 0 Å². The van der Waals surface area contributed by atoms with E-state index in [1.54, 1.807) is 13.1 Å². The third-order valence-electron chi connectivity index (χ3n) is 3.84. The van der Waals surface area contributed by atoms with Crippen LogP contribution in [0.5, 0.6) is 0 Å². The van der Waals surface area contributed by atoms with Crippen LogP contribution in [0.4, 0.5) is 15.9 Å². The number of carbonyl (C=O) groups is 2. The normalized spacial score (nSPS) is 16.7. The average Bonchev–Trinajstić information content (AvgIpc) is 3.12. The van der Waals surface area contributed by atoms with E-state index in [4.69, 9.17) is 5.73 Å².